The van der Waals surface area contributed by atoms with E-state index in [-0.39, 0.29) is 0 Å². The van der Waals surface area contributed by atoms with Crippen LogP contribution >= 0.6 is 11.3 Å². The van der Waals surface area contributed by atoms with Crippen LogP contribution in [0.1, 0.15) is 11.7 Å². The highest BCUT2D eigenvalue weighted by Crippen LogP contribution is 2.26. The smallest absolute Gasteiger partial charge is 0.209 e. The van der Waals surface area contributed by atoms with Crippen molar-refractivity contribution in [3.05, 3.63) is 41.5 Å². The van der Waals surface area contributed by atoms with Crippen LogP contribution < -0.4 is 0 Å². The third-order valence-electron chi connectivity index (χ3n) is 2.67. The minimum absolute atomic E-state index is 0.293. The first-order chi connectivity index (χ1) is 10.4. The molecule has 3 aromatic rings. The molecule has 0 amide bonds. The normalized spacial score (nSPS) is 12.3. The predicted molar refractivity (Wildman–Crippen MR) is 78.2 cm³/mol. The summed E-state index contributed by atoms with van der Waals surface area (Å²) in [5.41, 5.74) is 1.89. The predicted octanol–water partition coefficient (Wildman–Crippen LogP) is 2.33. The Labute approximate surface area is 124 Å². The van der Waals surface area contributed by atoms with Crippen molar-refractivity contribution in [2.24, 2.45) is 4.99 Å². The Morgan fingerprint density at radius 3 is 2.90 bits per heavy atom. The van der Waals surface area contributed by atoms with Gasteiger partial charge in [-0.05, 0) is 0 Å². The van der Waals surface area contributed by atoms with Gasteiger partial charge in [0.05, 0.1) is 11.8 Å². The van der Waals surface area contributed by atoms with Crippen LogP contribution in [0.25, 0.3) is 11.3 Å². The van der Waals surface area contributed by atoms with Gasteiger partial charge in [0.25, 0.3) is 0 Å². The van der Waals surface area contributed by atoms with E-state index in [1.165, 1.54) is 17.6 Å². The summed E-state index contributed by atoms with van der Waals surface area (Å²) in [5, 5.41) is 24.9. The van der Waals surface area contributed by atoms with E-state index >= 15 is 0 Å². The number of nitrogens with zero attached hydrogens (tertiary/aromatic N) is 6. The highest BCUT2D eigenvalue weighted by molar-refractivity contribution is 7.13. The third-order valence-corrected chi connectivity index (χ3v) is 3.42. The molecule has 0 spiro atoms. The minimum atomic E-state index is -0.646. The summed E-state index contributed by atoms with van der Waals surface area (Å²) in [4.78, 5) is 8.63. The zero-order valence-electron chi connectivity index (χ0n) is 10.7. The van der Waals surface area contributed by atoms with Crippen molar-refractivity contribution in [1.29, 1.82) is 5.26 Å². The Morgan fingerprint density at radius 1 is 1.33 bits per heavy atom. The Bertz CT molecular complexity index is 770. The van der Waals surface area contributed by atoms with E-state index in [0.717, 1.165) is 11.3 Å². The molecule has 1 atom stereocenters. The molecule has 7 nitrogen and oxygen atoms in total. The van der Waals surface area contributed by atoms with Gasteiger partial charge in [-0.1, -0.05) is 35.5 Å². The Hall–Kier alpha value is -2.92. The number of hydrogen-bond acceptors (Lipinski definition) is 7. The molecule has 0 fully saturated rings. The zero-order chi connectivity index (χ0) is 14.5. The molecular formula is C13H9N7S. The van der Waals surface area contributed by atoms with E-state index in [1.807, 2.05) is 35.7 Å². The van der Waals surface area contributed by atoms with Crippen molar-refractivity contribution in [3.8, 4) is 17.3 Å². The summed E-state index contributed by atoms with van der Waals surface area (Å²) in [6.45, 7) is 0. The zero-order valence-corrected chi connectivity index (χ0v) is 11.5. The number of aliphatic imine (C=N–C) groups is 1. The van der Waals surface area contributed by atoms with Gasteiger partial charge in [-0.2, -0.15) is 10.5 Å². The van der Waals surface area contributed by atoms with E-state index in [1.54, 1.807) is 0 Å². The maximum absolute atomic E-state index is 9.08. The summed E-state index contributed by atoms with van der Waals surface area (Å²) >= 11 is 1.41. The largest absolute Gasteiger partial charge is 0.230 e. The van der Waals surface area contributed by atoms with Crippen LogP contribution in [-0.2, 0) is 0 Å². The lowest BCUT2D eigenvalue weighted by Crippen LogP contribution is -1.99. The lowest BCUT2D eigenvalue weighted by molar-refractivity contribution is 0.881. The highest BCUT2D eigenvalue weighted by Gasteiger charge is 2.13. The quantitative estimate of drug-likeness (QED) is 0.744. The maximum atomic E-state index is 9.08. The first kappa shape index (κ1) is 13.1. The first-order valence-corrected chi connectivity index (χ1v) is 6.93. The fraction of sp³-hybridized carbons (Fsp3) is 0.0769. The fourth-order valence-electron chi connectivity index (χ4n) is 1.66. The Kier molecular flexibility index (Phi) is 3.75. The second-order valence-electron chi connectivity index (χ2n) is 4.04. The number of tetrazole rings is 1. The maximum Gasteiger partial charge on any atom is 0.209 e. The van der Waals surface area contributed by atoms with Crippen molar-refractivity contribution in [3.63, 3.8) is 0 Å². The number of thiazole rings is 1. The van der Waals surface area contributed by atoms with Crippen LogP contribution in [0.5, 0.6) is 0 Å². The Morgan fingerprint density at radius 2 is 2.19 bits per heavy atom. The van der Waals surface area contributed by atoms with Crippen molar-refractivity contribution in [2.75, 3.05) is 0 Å². The van der Waals surface area contributed by atoms with Crippen LogP contribution in [0, 0.1) is 11.3 Å². The van der Waals surface area contributed by atoms with Gasteiger partial charge in [-0.15, -0.1) is 21.5 Å². The van der Waals surface area contributed by atoms with Crippen LogP contribution in [0.2, 0.25) is 0 Å². The number of aromatic nitrogens is 5. The van der Waals surface area contributed by atoms with Crippen molar-refractivity contribution < 1.29 is 0 Å². The first-order valence-electron chi connectivity index (χ1n) is 6.05. The van der Waals surface area contributed by atoms with Crippen LogP contribution in [-0.4, -0.2) is 31.8 Å². The molecule has 1 N–H and O–H groups in total. The summed E-state index contributed by atoms with van der Waals surface area (Å²) in [7, 11) is 0. The lowest BCUT2D eigenvalue weighted by atomic mass is 10.2. The standard InChI is InChI=1S/C13H9N7S/c14-6-10(12-17-19-20-18-12)7-15-13-16-11(8-21-13)9-4-2-1-3-5-9/h1-5,7-8,10H,(H,17,18,19,20). The average Bonchev–Trinajstić information content (AvgIpc) is 3.20. The minimum Gasteiger partial charge on any atom is -0.230 e. The molecule has 21 heavy (non-hydrogen) atoms. The van der Waals surface area contributed by atoms with Crippen molar-refractivity contribution in [2.45, 2.75) is 5.92 Å². The SMILES string of the molecule is N#CC(C=Nc1nc(-c2ccccc2)cs1)c1nn[nH]n1. The molecule has 2 heterocycles. The number of nitrogens with one attached hydrogen (secondary N) is 1. The lowest BCUT2D eigenvalue weighted by Gasteiger charge is -1.94. The monoisotopic (exact) mass is 295 g/mol. The number of benzene rings is 1. The number of nitriles is 1. The second-order valence-corrected chi connectivity index (χ2v) is 4.87. The van der Waals surface area contributed by atoms with Crippen LogP contribution in [0.3, 0.4) is 0 Å². The molecule has 1 unspecified atom stereocenters. The van der Waals surface area contributed by atoms with Gasteiger partial charge in [-0.3, -0.25) is 0 Å². The molecule has 102 valence electrons. The van der Waals surface area contributed by atoms with Gasteiger partial charge < -0.3 is 0 Å². The van der Waals surface area contributed by atoms with Crippen molar-refractivity contribution in [1.82, 2.24) is 25.6 Å². The topological polar surface area (TPSA) is 103 Å². The van der Waals surface area contributed by atoms with E-state index in [2.05, 4.69) is 36.7 Å². The van der Waals surface area contributed by atoms with Crippen LogP contribution in [0.4, 0.5) is 5.13 Å². The molecular weight excluding hydrogens is 286 g/mol. The molecule has 0 aliphatic heterocycles. The molecule has 8 heteroatoms. The molecule has 0 aliphatic carbocycles. The molecule has 0 saturated carbocycles. The molecule has 3 rings (SSSR count). The van der Waals surface area contributed by atoms with E-state index in [0.29, 0.717) is 11.0 Å². The van der Waals surface area contributed by atoms with Gasteiger partial charge in [0.2, 0.25) is 5.13 Å². The van der Waals surface area contributed by atoms with Gasteiger partial charge in [0.1, 0.15) is 5.92 Å². The molecule has 0 saturated heterocycles. The number of H-pyrrole nitrogens is 1. The van der Waals surface area contributed by atoms with Gasteiger partial charge >= 0.3 is 0 Å². The number of rotatable bonds is 4. The average molecular weight is 295 g/mol. The van der Waals surface area contributed by atoms with E-state index in [9.17, 15) is 0 Å². The van der Waals surface area contributed by atoms with Gasteiger partial charge in [0, 0.05) is 17.2 Å². The van der Waals surface area contributed by atoms with E-state index < -0.39 is 5.92 Å². The third kappa shape index (κ3) is 2.98. The van der Waals surface area contributed by atoms with E-state index in [4.69, 9.17) is 5.26 Å². The molecule has 0 aliphatic rings. The summed E-state index contributed by atoms with van der Waals surface area (Å²) in [6.07, 6.45) is 1.47. The number of hydrogen-bond donors (Lipinski definition) is 1. The Balaban J connectivity index is 1.78. The summed E-state index contributed by atoms with van der Waals surface area (Å²) < 4.78 is 0. The van der Waals surface area contributed by atoms with Crippen LogP contribution in [0.15, 0.2) is 40.7 Å². The number of aromatic amines is 1. The van der Waals surface area contributed by atoms with Gasteiger partial charge in [-0.25, -0.2) is 9.98 Å². The van der Waals surface area contributed by atoms with Crippen molar-refractivity contribution >= 4 is 22.7 Å². The second kappa shape index (κ2) is 6.02. The highest BCUT2D eigenvalue weighted by atomic mass is 32.1. The fourth-order valence-corrected chi connectivity index (χ4v) is 2.34. The summed E-state index contributed by atoms with van der Waals surface area (Å²) in [5.74, 6) is -0.353. The molecule has 2 aromatic heterocycles. The molecule has 0 radical (unpaired) electrons. The molecule has 1 aromatic carbocycles. The summed E-state index contributed by atoms with van der Waals surface area (Å²) in [6, 6.07) is 11.9. The van der Waals surface area contributed by atoms with Gasteiger partial charge in [0.15, 0.2) is 5.82 Å². The molecule has 0 bridgehead atoms.